The summed E-state index contributed by atoms with van der Waals surface area (Å²) in [5.41, 5.74) is 4.99. The van der Waals surface area contributed by atoms with E-state index in [1.54, 1.807) is 6.07 Å². The van der Waals surface area contributed by atoms with Gasteiger partial charge in [-0.3, -0.25) is 10.1 Å². The predicted octanol–water partition coefficient (Wildman–Crippen LogP) is 0.834. The van der Waals surface area contributed by atoms with Gasteiger partial charge in [-0.05, 0) is 32.0 Å². The Morgan fingerprint density at radius 3 is 2.50 bits per heavy atom. The van der Waals surface area contributed by atoms with Crippen molar-refractivity contribution in [3.8, 4) is 11.5 Å². The Morgan fingerprint density at radius 1 is 1.27 bits per heavy atom. The van der Waals surface area contributed by atoms with E-state index in [2.05, 4.69) is 0 Å². The summed E-state index contributed by atoms with van der Waals surface area (Å²) in [5.74, 6) is -0.696. The molecule has 22 heavy (non-hydrogen) atoms. The molecule has 0 saturated carbocycles. The van der Waals surface area contributed by atoms with Crippen LogP contribution in [-0.4, -0.2) is 37.7 Å². The lowest BCUT2D eigenvalue weighted by Gasteiger charge is -2.13. The third-order valence-corrected chi connectivity index (χ3v) is 2.60. The monoisotopic (exact) mass is 310 g/mol. The number of imide groups is 1. The van der Waals surface area contributed by atoms with Crippen molar-refractivity contribution in [2.45, 2.75) is 20.0 Å². The molecule has 1 aromatic carbocycles. The number of amides is 3. The summed E-state index contributed by atoms with van der Waals surface area (Å²) in [4.78, 5) is 34.0. The molecule has 0 heterocycles. The van der Waals surface area contributed by atoms with Crippen molar-refractivity contribution in [3.63, 3.8) is 0 Å². The fraction of sp³-hybridized carbons (Fsp3) is 0.357. The number of hydrogen-bond donors (Lipinski definition) is 2. The van der Waals surface area contributed by atoms with Gasteiger partial charge < -0.3 is 19.9 Å². The molecule has 3 N–H and O–H groups in total. The van der Waals surface area contributed by atoms with E-state index in [4.69, 9.17) is 19.9 Å². The molecule has 0 aliphatic carbocycles. The highest BCUT2D eigenvalue weighted by Crippen LogP contribution is 2.28. The zero-order valence-corrected chi connectivity index (χ0v) is 12.5. The highest BCUT2D eigenvalue weighted by molar-refractivity contribution is 5.98. The minimum absolute atomic E-state index is 0.180. The van der Waals surface area contributed by atoms with Gasteiger partial charge in [0.25, 0.3) is 5.91 Å². The second-order valence-corrected chi connectivity index (χ2v) is 4.20. The summed E-state index contributed by atoms with van der Waals surface area (Å²) in [5, 5.41) is 1.83. The number of ether oxygens (including phenoxy) is 3. The number of methoxy groups -OCH3 is 1. The molecule has 0 spiro atoms. The van der Waals surface area contributed by atoms with Gasteiger partial charge in [0.2, 0.25) is 0 Å². The van der Waals surface area contributed by atoms with Crippen LogP contribution < -0.4 is 20.5 Å². The highest BCUT2D eigenvalue weighted by atomic mass is 16.5. The maximum atomic E-state index is 12.0. The summed E-state index contributed by atoms with van der Waals surface area (Å²) < 4.78 is 15.4. The number of primary amides is 1. The molecule has 1 aromatic rings. The van der Waals surface area contributed by atoms with Crippen molar-refractivity contribution < 1.29 is 28.6 Å². The fourth-order valence-electron chi connectivity index (χ4n) is 1.57. The van der Waals surface area contributed by atoms with Crippen LogP contribution in [0.15, 0.2) is 18.2 Å². The van der Waals surface area contributed by atoms with Crippen molar-refractivity contribution in [2.24, 2.45) is 5.73 Å². The van der Waals surface area contributed by atoms with Gasteiger partial charge in [0, 0.05) is 0 Å². The number of carbonyl (C=O) groups is 3. The van der Waals surface area contributed by atoms with Gasteiger partial charge in [0.1, 0.15) is 0 Å². The normalized spacial score (nSPS) is 11.2. The molecular weight excluding hydrogens is 292 g/mol. The van der Waals surface area contributed by atoms with Crippen molar-refractivity contribution >= 4 is 17.9 Å². The minimum Gasteiger partial charge on any atom is -0.493 e. The first-order valence-corrected chi connectivity index (χ1v) is 6.51. The van der Waals surface area contributed by atoms with Crippen molar-refractivity contribution in [1.82, 2.24) is 5.32 Å². The molecule has 120 valence electrons. The molecule has 0 unspecified atom stereocenters. The molecule has 3 amide bonds. The Hall–Kier alpha value is -2.77. The van der Waals surface area contributed by atoms with E-state index in [9.17, 15) is 14.4 Å². The Balaban J connectivity index is 2.81. The number of nitrogens with one attached hydrogen (secondary N) is 1. The second kappa shape index (κ2) is 7.87. The number of nitrogens with two attached hydrogens (primary N) is 1. The molecule has 0 radical (unpaired) electrons. The van der Waals surface area contributed by atoms with Gasteiger partial charge in [0.05, 0.1) is 19.3 Å². The Labute approximate surface area is 127 Å². The van der Waals surface area contributed by atoms with Crippen LogP contribution in [-0.2, 0) is 9.53 Å². The Morgan fingerprint density at radius 2 is 1.95 bits per heavy atom. The third kappa shape index (κ3) is 4.65. The molecular formula is C14H18N2O6. The molecule has 1 atom stereocenters. The van der Waals surface area contributed by atoms with Crippen LogP contribution in [0, 0.1) is 0 Å². The fourth-order valence-corrected chi connectivity index (χ4v) is 1.57. The predicted molar refractivity (Wildman–Crippen MR) is 76.8 cm³/mol. The molecule has 1 rings (SSSR count). The van der Waals surface area contributed by atoms with Crippen molar-refractivity contribution in [1.29, 1.82) is 0 Å². The van der Waals surface area contributed by atoms with Gasteiger partial charge in [-0.15, -0.1) is 0 Å². The van der Waals surface area contributed by atoms with Crippen LogP contribution >= 0.6 is 0 Å². The van der Waals surface area contributed by atoms with E-state index in [0.29, 0.717) is 18.1 Å². The van der Waals surface area contributed by atoms with Gasteiger partial charge in [-0.2, -0.15) is 0 Å². The summed E-state index contributed by atoms with van der Waals surface area (Å²) in [6, 6.07) is 3.46. The lowest BCUT2D eigenvalue weighted by molar-refractivity contribution is -0.127. The van der Waals surface area contributed by atoms with Gasteiger partial charge in [0.15, 0.2) is 17.6 Å². The van der Waals surface area contributed by atoms with Crippen LogP contribution in [0.2, 0.25) is 0 Å². The zero-order chi connectivity index (χ0) is 16.7. The quantitative estimate of drug-likeness (QED) is 0.752. The van der Waals surface area contributed by atoms with Crippen LogP contribution in [0.5, 0.6) is 11.5 Å². The van der Waals surface area contributed by atoms with Crippen molar-refractivity contribution in [3.05, 3.63) is 23.8 Å². The third-order valence-electron chi connectivity index (χ3n) is 2.60. The average molecular weight is 310 g/mol. The summed E-state index contributed by atoms with van der Waals surface area (Å²) in [6.45, 7) is 3.59. The van der Waals surface area contributed by atoms with Gasteiger partial charge in [-0.1, -0.05) is 0 Å². The number of rotatable bonds is 6. The SMILES string of the molecule is CCOc1ccc(C(=O)O[C@@H](C)C(=O)NC(N)=O)cc1OC. The van der Waals surface area contributed by atoms with Crippen LogP contribution in [0.1, 0.15) is 24.2 Å². The van der Waals surface area contributed by atoms with Crippen LogP contribution in [0.25, 0.3) is 0 Å². The van der Waals surface area contributed by atoms with Crippen molar-refractivity contribution in [2.75, 3.05) is 13.7 Å². The number of carbonyl (C=O) groups excluding carboxylic acids is 3. The zero-order valence-electron chi connectivity index (χ0n) is 12.5. The lowest BCUT2D eigenvalue weighted by atomic mass is 10.2. The maximum absolute atomic E-state index is 12.0. The minimum atomic E-state index is -1.17. The number of benzene rings is 1. The number of urea groups is 1. The smallest absolute Gasteiger partial charge is 0.339 e. The van der Waals surface area contributed by atoms with Gasteiger partial charge >= 0.3 is 12.0 Å². The topological polar surface area (TPSA) is 117 Å². The van der Waals surface area contributed by atoms with Gasteiger partial charge in [-0.25, -0.2) is 9.59 Å². The Kier molecular flexibility index (Phi) is 6.18. The summed E-state index contributed by atoms with van der Waals surface area (Å²) in [6.07, 6.45) is -1.17. The molecule has 0 bridgehead atoms. The lowest BCUT2D eigenvalue weighted by Crippen LogP contribution is -2.42. The summed E-state index contributed by atoms with van der Waals surface area (Å²) in [7, 11) is 1.44. The van der Waals surface area contributed by atoms with Crippen LogP contribution in [0.3, 0.4) is 0 Å². The second-order valence-electron chi connectivity index (χ2n) is 4.20. The molecule has 0 saturated heterocycles. The molecule has 8 nitrogen and oxygen atoms in total. The molecule has 0 aliphatic rings. The molecule has 0 aliphatic heterocycles. The van der Waals surface area contributed by atoms with Crippen LogP contribution in [0.4, 0.5) is 4.79 Å². The summed E-state index contributed by atoms with van der Waals surface area (Å²) >= 11 is 0. The van der Waals surface area contributed by atoms with E-state index in [0.717, 1.165) is 0 Å². The number of esters is 1. The Bertz CT molecular complexity index is 572. The van der Waals surface area contributed by atoms with E-state index in [-0.39, 0.29) is 5.56 Å². The molecule has 8 heteroatoms. The molecule has 0 fully saturated rings. The first kappa shape index (κ1) is 17.3. The van der Waals surface area contributed by atoms with E-state index in [1.165, 1.54) is 26.2 Å². The first-order chi connectivity index (χ1) is 10.4. The number of hydrogen-bond acceptors (Lipinski definition) is 6. The standard InChI is InChI=1S/C14H18N2O6/c1-4-21-10-6-5-9(7-11(10)20-3)13(18)22-8(2)12(17)16-14(15)19/h5-8H,4H2,1-3H3,(H3,15,16,17,19)/t8-/m0/s1. The molecule has 0 aromatic heterocycles. The first-order valence-electron chi connectivity index (χ1n) is 6.51. The average Bonchev–Trinajstić information content (AvgIpc) is 2.47. The van der Waals surface area contributed by atoms with E-state index in [1.807, 2.05) is 12.2 Å². The van der Waals surface area contributed by atoms with E-state index >= 15 is 0 Å². The maximum Gasteiger partial charge on any atom is 0.339 e. The van der Waals surface area contributed by atoms with E-state index < -0.39 is 24.0 Å². The highest BCUT2D eigenvalue weighted by Gasteiger charge is 2.21. The largest absolute Gasteiger partial charge is 0.493 e.